The van der Waals surface area contributed by atoms with Gasteiger partial charge < -0.3 is 4.79 Å². The van der Waals surface area contributed by atoms with Gasteiger partial charge in [0.1, 0.15) is 6.29 Å². The Labute approximate surface area is 62.2 Å². The number of likely N-dealkylation sites (tertiary alicyclic amines) is 1. The molecule has 1 rings (SSSR count). The number of nitrogens with zero attached hydrogens (tertiary/aromatic N) is 1. The normalized spacial score (nSPS) is 28.3. The fourth-order valence-electron chi connectivity index (χ4n) is 1.56. The minimum absolute atomic E-state index is 0.221. The SMILES string of the molecule is CCN1CCCCC1C=O. The molecule has 1 saturated heterocycles. The molecule has 1 unspecified atom stereocenters. The summed E-state index contributed by atoms with van der Waals surface area (Å²) in [6.07, 6.45) is 4.64. The van der Waals surface area contributed by atoms with Crippen molar-refractivity contribution in [3.8, 4) is 0 Å². The highest BCUT2D eigenvalue weighted by atomic mass is 16.1. The van der Waals surface area contributed by atoms with Gasteiger partial charge in [0.25, 0.3) is 0 Å². The second-order valence-electron chi connectivity index (χ2n) is 2.83. The molecule has 2 heteroatoms. The lowest BCUT2D eigenvalue weighted by Gasteiger charge is -2.30. The molecule has 1 atom stereocenters. The second-order valence-corrected chi connectivity index (χ2v) is 2.83. The zero-order chi connectivity index (χ0) is 7.40. The Hall–Kier alpha value is -0.370. The van der Waals surface area contributed by atoms with E-state index in [1.807, 2.05) is 0 Å². The molecule has 0 radical (unpaired) electrons. The molecule has 1 heterocycles. The Bertz CT molecular complexity index is 114. The molecule has 0 aromatic carbocycles. The Morgan fingerprint density at radius 2 is 2.40 bits per heavy atom. The molecule has 58 valence electrons. The van der Waals surface area contributed by atoms with Crippen molar-refractivity contribution in [3.05, 3.63) is 0 Å². The van der Waals surface area contributed by atoms with Gasteiger partial charge in [-0.3, -0.25) is 4.90 Å². The molecule has 1 aliphatic rings. The molecule has 0 aromatic rings. The lowest BCUT2D eigenvalue weighted by molar-refractivity contribution is -0.113. The zero-order valence-electron chi connectivity index (χ0n) is 6.55. The summed E-state index contributed by atoms with van der Waals surface area (Å²) in [6, 6.07) is 0.221. The maximum atomic E-state index is 10.5. The molecular formula is C8H15NO. The molecule has 0 spiro atoms. The van der Waals surface area contributed by atoms with Gasteiger partial charge in [0.05, 0.1) is 6.04 Å². The largest absolute Gasteiger partial charge is 0.302 e. The molecule has 10 heavy (non-hydrogen) atoms. The quantitative estimate of drug-likeness (QED) is 0.536. The van der Waals surface area contributed by atoms with Crippen LogP contribution in [0.3, 0.4) is 0 Å². The summed E-state index contributed by atoms with van der Waals surface area (Å²) in [5.41, 5.74) is 0. The van der Waals surface area contributed by atoms with Crippen LogP contribution in [0.2, 0.25) is 0 Å². The van der Waals surface area contributed by atoms with Gasteiger partial charge in [0.2, 0.25) is 0 Å². The second kappa shape index (κ2) is 3.71. The van der Waals surface area contributed by atoms with E-state index in [0.717, 1.165) is 25.8 Å². The summed E-state index contributed by atoms with van der Waals surface area (Å²) in [5, 5.41) is 0. The minimum Gasteiger partial charge on any atom is -0.302 e. The third-order valence-corrected chi connectivity index (χ3v) is 2.23. The lowest BCUT2D eigenvalue weighted by Crippen LogP contribution is -2.40. The average molecular weight is 141 g/mol. The van der Waals surface area contributed by atoms with Crippen LogP contribution in [0.4, 0.5) is 0 Å². The van der Waals surface area contributed by atoms with E-state index in [4.69, 9.17) is 0 Å². The first-order chi connectivity index (χ1) is 4.88. The average Bonchev–Trinajstić information content (AvgIpc) is 2.04. The Morgan fingerprint density at radius 1 is 1.60 bits per heavy atom. The molecular weight excluding hydrogens is 126 g/mol. The van der Waals surface area contributed by atoms with Crippen LogP contribution >= 0.6 is 0 Å². The molecule has 0 aromatic heterocycles. The predicted octanol–water partition coefficient (Wildman–Crippen LogP) is 1.06. The molecule has 0 saturated carbocycles. The fraction of sp³-hybridized carbons (Fsp3) is 0.875. The zero-order valence-corrected chi connectivity index (χ0v) is 6.55. The van der Waals surface area contributed by atoms with Crippen LogP contribution in [-0.2, 0) is 4.79 Å². The number of carbonyl (C=O) groups is 1. The van der Waals surface area contributed by atoms with Gasteiger partial charge >= 0.3 is 0 Å². The molecule has 2 nitrogen and oxygen atoms in total. The van der Waals surface area contributed by atoms with Crippen LogP contribution in [0.15, 0.2) is 0 Å². The summed E-state index contributed by atoms with van der Waals surface area (Å²) in [4.78, 5) is 12.7. The van der Waals surface area contributed by atoms with E-state index in [0.29, 0.717) is 0 Å². The number of carbonyl (C=O) groups excluding carboxylic acids is 1. The van der Waals surface area contributed by atoms with Crippen LogP contribution in [0.25, 0.3) is 0 Å². The van der Waals surface area contributed by atoms with Gasteiger partial charge in [0.15, 0.2) is 0 Å². The van der Waals surface area contributed by atoms with E-state index in [9.17, 15) is 4.79 Å². The molecule has 0 bridgehead atoms. The fourth-order valence-corrected chi connectivity index (χ4v) is 1.56. The molecule has 0 aliphatic carbocycles. The van der Waals surface area contributed by atoms with E-state index in [1.54, 1.807) is 0 Å². The van der Waals surface area contributed by atoms with Crippen LogP contribution in [0, 0.1) is 0 Å². The van der Waals surface area contributed by atoms with Crippen molar-refractivity contribution in [2.75, 3.05) is 13.1 Å². The third-order valence-electron chi connectivity index (χ3n) is 2.23. The van der Waals surface area contributed by atoms with E-state index < -0.39 is 0 Å². The predicted molar refractivity (Wildman–Crippen MR) is 41.0 cm³/mol. The smallest absolute Gasteiger partial charge is 0.137 e. The van der Waals surface area contributed by atoms with Crippen LogP contribution < -0.4 is 0 Å². The van der Waals surface area contributed by atoms with E-state index in [-0.39, 0.29) is 6.04 Å². The van der Waals surface area contributed by atoms with Crippen LogP contribution in [0.1, 0.15) is 26.2 Å². The van der Waals surface area contributed by atoms with Gasteiger partial charge in [-0.2, -0.15) is 0 Å². The van der Waals surface area contributed by atoms with Crippen LogP contribution in [0.5, 0.6) is 0 Å². The van der Waals surface area contributed by atoms with Crippen molar-refractivity contribution in [1.29, 1.82) is 0 Å². The number of piperidine rings is 1. The van der Waals surface area contributed by atoms with Crippen molar-refractivity contribution in [2.45, 2.75) is 32.2 Å². The summed E-state index contributed by atoms with van der Waals surface area (Å²) in [5.74, 6) is 0. The van der Waals surface area contributed by atoms with E-state index in [2.05, 4.69) is 11.8 Å². The Morgan fingerprint density at radius 3 is 2.90 bits per heavy atom. The maximum absolute atomic E-state index is 10.5. The number of hydrogen-bond acceptors (Lipinski definition) is 2. The standard InChI is InChI=1S/C8H15NO/c1-2-9-6-4-3-5-8(9)7-10/h7-8H,2-6H2,1H3. The monoisotopic (exact) mass is 141 g/mol. The van der Waals surface area contributed by atoms with Gasteiger partial charge in [-0.05, 0) is 25.9 Å². The first kappa shape index (κ1) is 7.73. The molecule has 0 amide bonds. The molecule has 1 fully saturated rings. The first-order valence-electron chi connectivity index (χ1n) is 4.08. The number of rotatable bonds is 2. The van der Waals surface area contributed by atoms with E-state index in [1.165, 1.54) is 12.8 Å². The Balaban J connectivity index is 2.41. The first-order valence-corrected chi connectivity index (χ1v) is 4.08. The van der Waals surface area contributed by atoms with Crippen molar-refractivity contribution in [2.24, 2.45) is 0 Å². The maximum Gasteiger partial charge on any atom is 0.137 e. The number of aldehydes is 1. The molecule has 0 N–H and O–H groups in total. The summed E-state index contributed by atoms with van der Waals surface area (Å²) >= 11 is 0. The number of hydrogen-bond donors (Lipinski definition) is 0. The Kier molecular flexibility index (Phi) is 2.87. The minimum atomic E-state index is 0.221. The lowest BCUT2D eigenvalue weighted by atomic mass is 10.0. The van der Waals surface area contributed by atoms with Crippen LogP contribution in [-0.4, -0.2) is 30.3 Å². The van der Waals surface area contributed by atoms with Crippen molar-refractivity contribution in [1.82, 2.24) is 4.90 Å². The highest BCUT2D eigenvalue weighted by Crippen LogP contribution is 2.14. The third kappa shape index (κ3) is 1.57. The summed E-state index contributed by atoms with van der Waals surface area (Å²) < 4.78 is 0. The summed E-state index contributed by atoms with van der Waals surface area (Å²) in [7, 11) is 0. The summed E-state index contributed by atoms with van der Waals surface area (Å²) in [6.45, 7) is 4.24. The number of likely N-dealkylation sites (N-methyl/N-ethyl adjacent to an activating group) is 1. The topological polar surface area (TPSA) is 20.3 Å². The highest BCUT2D eigenvalue weighted by Gasteiger charge is 2.19. The highest BCUT2D eigenvalue weighted by molar-refractivity contribution is 5.57. The van der Waals surface area contributed by atoms with Gasteiger partial charge in [-0.1, -0.05) is 13.3 Å². The van der Waals surface area contributed by atoms with Crippen molar-refractivity contribution < 1.29 is 4.79 Å². The van der Waals surface area contributed by atoms with Crippen molar-refractivity contribution >= 4 is 6.29 Å². The molecule has 1 aliphatic heterocycles. The van der Waals surface area contributed by atoms with Gasteiger partial charge in [0, 0.05) is 0 Å². The van der Waals surface area contributed by atoms with E-state index >= 15 is 0 Å². The van der Waals surface area contributed by atoms with Gasteiger partial charge in [-0.25, -0.2) is 0 Å². The van der Waals surface area contributed by atoms with Crippen molar-refractivity contribution in [3.63, 3.8) is 0 Å². The van der Waals surface area contributed by atoms with Gasteiger partial charge in [-0.15, -0.1) is 0 Å².